The van der Waals surface area contributed by atoms with Crippen LogP contribution in [0, 0.1) is 0 Å². The van der Waals surface area contributed by atoms with Gasteiger partial charge in [0.15, 0.2) is 6.61 Å². The molecule has 0 heterocycles. The van der Waals surface area contributed by atoms with Gasteiger partial charge in [0.25, 0.3) is 5.91 Å². The van der Waals surface area contributed by atoms with Crippen molar-refractivity contribution in [3.8, 4) is 11.5 Å². The molecule has 1 amide bonds. The number of amides is 1. The lowest BCUT2D eigenvalue weighted by molar-refractivity contribution is -0.123. The van der Waals surface area contributed by atoms with E-state index in [9.17, 15) is 4.79 Å². The number of ether oxygens (including phenoxy) is 2. The third-order valence-corrected chi connectivity index (χ3v) is 3.21. The zero-order chi connectivity index (χ0) is 15.8. The molecule has 0 spiro atoms. The second kappa shape index (κ2) is 8.19. The Morgan fingerprint density at radius 3 is 2.73 bits per heavy atom. The molecule has 5 nitrogen and oxygen atoms in total. The highest BCUT2D eigenvalue weighted by Gasteiger charge is 2.01. The van der Waals surface area contributed by atoms with Gasteiger partial charge >= 0.3 is 0 Å². The highest BCUT2D eigenvalue weighted by atomic mass is 79.9. The van der Waals surface area contributed by atoms with E-state index in [1.807, 2.05) is 36.4 Å². The summed E-state index contributed by atoms with van der Waals surface area (Å²) in [6.45, 7) is -0.100. The minimum atomic E-state index is -0.331. The molecule has 22 heavy (non-hydrogen) atoms. The number of rotatable bonds is 6. The molecule has 2 aromatic rings. The van der Waals surface area contributed by atoms with E-state index < -0.39 is 0 Å². The predicted molar refractivity (Wildman–Crippen MR) is 88.4 cm³/mol. The lowest BCUT2D eigenvalue weighted by Gasteiger charge is -2.04. The number of carbonyl (C=O) groups is 1. The maximum Gasteiger partial charge on any atom is 0.277 e. The van der Waals surface area contributed by atoms with Crippen LogP contribution < -0.4 is 14.9 Å². The summed E-state index contributed by atoms with van der Waals surface area (Å²) in [6.07, 6.45) is 1.54. The number of hydrogen-bond donors (Lipinski definition) is 1. The summed E-state index contributed by atoms with van der Waals surface area (Å²) in [5.74, 6) is 1.02. The summed E-state index contributed by atoms with van der Waals surface area (Å²) in [4.78, 5) is 11.6. The second-order valence-electron chi connectivity index (χ2n) is 4.31. The molecule has 0 atom stereocenters. The number of methoxy groups -OCH3 is 1. The normalized spacial score (nSPS) is 10.5. The maximum absolute atomic E-state index is 11.6. The van der Waals surface area contributed by atoms with E-state index in [1.165, 1.54) is 0 Å². The Bertz CT molecular complexity index is 657. The van der Waals surface area contributed by atoms with Gasteiger partial charge in [0.2, 0.25) is 0 Å². The third-order valence-electron chi connectivity index (χ3n) is 2.68. The van der Waals surface area contributed by atoms with Gasteiger partial charge in [0.05, 0.1) is 13.3 Å². The van der Waals surface area contributed by atoms with Crippen LogP contribution in [0.15, 0.2) is 58.1 Å². The Hall–Kier alpha value is -2.34. The zero-order valence-corrected chi connectivity index (χ0v) is 13.5. The van der Waals surface area contributed by atoms with Crippen molar-refractivity contribution >= 4 is 28.1 Å². The van der Waals surface area contributed by atoms with Crippen LogP contribution in [0.3, 0.4) is 0 Å². The van der Waals surface area contributed by atoms with Gasteiger partial charge in [-0.2, -0.15) is 5.10 Å². The molecule has 0 saturated heterocycles. The first kappa shape index (κ1) is 16.0. The Morgan fingerprint density at radius 1 is 1.23 bits per heavy atom. The van der Waals surface area contributed by atoms with Gasteiger partial charge in [0.1, 0.15) is 11.5 Å². The monoisotopic (exact) mass is 362 g/mol. The quantitative estimate of drug-likeness (QED) is 0.634. The highest BCUT2D eigenvalue weighted by molar-refractivity contribution is 9.10. The van der Waals surface area contributed by atoms with E-state index in [-0.39, 0.29) is 12.5 Å². The molecule has 0 fully saturated rings. The third kappa shape index (κ3) is 5.21. The molecular formula is C16H15BrN2O3. The number of hydrogen-bond acceptors (Lipinski definition) is 4. The number of nitrogens with zero attached hydrogens (tertiary/aromatic N) is 1. The first-order chi connectivity index (χ1) is 10.7. The molecular weight excluding hydrogens is 348 g/mol. The largest absolute Gasteiger partial charge is 0.497 e. The van der Waals surface area contributed by atoms with Gasteiger partial charge in [0, 0.05) is 4.47 Å². The first-order valence-corrected chi connectivity index (χ1v) is 7.31. The van der Waals surface area contributed by atoms with Crippen molar-refractivity contribution in [2.45, 2.75) is 0 Å². The Morgan fingerprint density at radius 2 is 2.00 bits per heavy atom. The van der Waals surface area contributed by atoms with Crippen molar-refractivity contribution in [2.24, 2.45) is 5.10 Å². The maximum atomic E-state index is 11.6. The molecule has 1 N–H and O–H groups in total. The fourth-order valence-electron chi connectivity index (χ4n) is 1.61. The van der Waals surface area contributed by atoms with Gasteiger partial charge in [-0.25, -0.2) is 5.43 Å². The fraction of sp³-hybridized carbons (Fsp3) is 0.125. The van der Waals surface area contributed by atoms with Crippen molar-refractivity contribution in [3.63, 3.8) is 0 Å². The lowest BCUT2D eigenvalue weighted by atomic mass is 10.2. The molecule has 0 aliphatic heterocycles. The predicted octanol–water partition coefficient (Wildman–Crippen LogP) is 2.99. The van der Waals surface area contributed by atoms with Crippen molar-refractivity contribution in [1.82, 2.24) is 5.43 Å². The molecule has 0 unspecified atom stereocenters. The number of halogens is 1. The Kier molecular flexibility index (Phi) is 5.97. The molecule has 6 heteroatoms. The summed E-state index contributed by atoms with van der Waals surface area (Å²) in [6, 6.07) is 14.6. The van der Waals surface area contributed by atoms with Crippen LogP contribution in [0.5, 0.6) is 11.5 Å². The van der Waals surface area contributed by atoms with Gasteiger partial charge in [-0.05, 0) is 42.0 Å². The number of carbonyl (C=O) groups excluding carboxylic acids is 1. The van der Waals surface area contributed by atoms with Gasteiger partial charge in [-0.1, -0.05) is 28.1 Å². The van der Waals surface area contributed by atoms with Crippen LogP contribution in [0.4, 0.5) is 0 Å². The summed E-state index contributed by atoms with van der Waals surface area (Å²) in [7, 11) is 1.59. The van der Waals surface area contributed by atoms with E-state index in [2.05, 4.69) is 26.5 Å². The minimum absolute atomic E-state index is 0.100. The molecule has 0 aromatic heterocycles. The smallest absolute Gasteiger partial charge is 0.277 e. The van der Waals surface area contributed by atoms with Gasteiger partial charge in [-0.3, -0.25) is 4.79 Å². The zero-order valence-electron chi connectivity index (χ0n) is 12.0. The number of hydrazone groups is 1. The second-order valence-corrected chi connectivity index (χ2v) is 5.23. The number of nitrogens with one attached hydrogen (secondary N) is 1. The first-order valence-electron chi connectivity index (χ1n) is 6.52. The minimum Gasteiger partial charge on any atom is -0.497 e. The average Bonchev–Trinajstić information content (AvgIpc) is 2.54. The van der Waals surface area contributed by atoms with Crippen LogP contribution in [0.25, 0.3) is 0 Å². The number of benzene rings is 2. The summed E-state index contributed by atoms with van der Waals surface area (Å²) < 4.78 is 11.4. The van der Waals surface area contributed by atoms with Crippen molar-refractivity contribution in [1.29, 1.82) is 0 Å². The fourth-order valence-corrected chi connectivity index (χ4v) is 1.88. The topological polar surface area (TPSA) is 59.9 Å². The van der Waals surface area contributed by atoms with Crippen molar-refractivity contribution < 1.29 is 14.3 Å². The summed E-state index contributed by atoms with van der Waals surface area (Å²) in [5, 5.41) is 3.88. The van der Waals surface area contributed by atoms with Crippen LogP contribution in [0.1, 0.15) is 5.56 Å². The highest BCUT2D eigenvalue weighted by Crippen LogP contribution is 2.15. The van der Waals surface area contributed by atoms with Crippen molar-refractivity contribution in [2.75, 3.05) is 13.7 Å². The summed E-state index contributed by atoms with van der Waals surface area (Å²) in [5.41, 5.74) is 3.23. The molecule has 114 valence electrons. The van der Waals surface area contributed by atoms with Gasteiger partial charge < -0.3 is 9.47 Å². The van der Waals surface area contributed by atoms with E-state index >= 15 is 0 Å². The molecule has 0 bridgehead atoms. The average molecular weight is 363 g/mol. The summed E-state index contributed by atoms with van der Waals surface area (Å²) >= 11 is 3.33. The molecule has 0 aliphatic rings. The van der Waals surface area contributed by atoms with E-state index in [4.69, 9.17) is 9.47 Å². The molecule has 0 saturated carbocycles. The van der Waals surface area contributed by atoms with E-state index in [1.54, 1.807) is 25.5 Å². The van der Waals surface area contributed by atoms with Crippen LogP contribution in [-0.2, 0) is 4.79 Å². The van der Waals surface area contributed by atoms with Crippen LogP contribution in [-0.4, -0.2) is 25.8 Å². The Balaban J connectivity index is 1.79. The van der Waals surface area contributed by atoms with E-state index in [0.29, 0.717) is 5.75 Å². The van der Waals surface area contributed by atoms with E-state index in [0.717, 1.165) is 15.8 Å². The van der Waals surface area contributed by atoms with Crippen LogP contribution in [0.2, 0.25) is 0 Å². The SMILES string of the molecule is COc1cccc(C=NNC(=O)COc2ccc(Br)cc2)c1. The molecule has 0 aliphatic carbocycles. The Labute approximate surface area is 137 Å². The van der Waals surface area contributed by atoms with Crippen molar-refractivity contribution in [3.05, 3.63) is 58.6 Å². The van der Waals surface area contributed by atoms with Crippen LogP contribution >= 0.6 is 15.9 Å². The molecule has 2 aromatic carbocycles. The lowest BCUT2D eigenvalue weighted by Crippen LogP contribution is -2.24. The molecule has 2 rings (SSSR count). The van der Waals surface area contributed by atoms with Gasteiger partial charge in [-0.15, -0.1) is 0 Å². The molecule has 0 radical (unpaired) electrons. The standard InChI is InChI=1S/C16H15BrN2O3/c1-21-15-4-2-3-12(9-15)10-18-19-16(20)11-22-14-7-5-13(17)6-8-14/h2-10H,11H2,1H3,(H,19,20).